The van der Waals surface area contributed by atoms with E-state index in [-0.39, 0.29) is 31.8 Å². The Morgan fingerprint density at radius 1 is 0.809 bits per heavy atom. The normalized spacial score (nSPS) is 12.6. The van der Waals surface area contributed by atoms with Crippen LogP contribution in [0.15, 0.2) is 92.6 Å². The number of fused-ring (bicyclic) bond motifs is 1. The first-order chi connectivity index (χ1) is 22.1. The zero-order valence-electron chi connectivity index (χ0n) is 22.3. The summed E-state index contributed by atoms with van der Waals surface area (Å²) in [5, 5.41) is 64.8. The molecule has 0 amide bonds. The van der Waals surface area contributed by atoms with E-state index in [0.29, 0.717) is 28.6 Å². The number of rotatable bonds is 13. The van der Waals surface area contributed by atoms with Crippen molar-refractivity contribution in [3.05, 3.63) is 63.0 Å². The highest BCUT2D eigenvalue weighted by Crippen LogP contribution is 2.49. The molecule has 0 aromatic heterocycles. The van der Waals surface area contributed by atoms with E-state index in [2.05, 4.69) is 71.1 Å². The molecule has 0 fully saturated rings. The van der Waals surface area contributed by atoms with Crippen LogP contribution in [0.4, 0.5) is 22.7 Å². The van der Waals surface area contributed by atoms with E-state index in [1.54, 1.807) is 0 Å². The van der Waals surface area contributed by atoms with Crippen molar-refractivity contribution >= 4 is 110 Å². The second-order valence-electron chi connectivity index (χ2n) is 8.54. The Morgan fingerprint density at radius 3 is 2.06 bits per heavy atom. The fourth-order valence-electron chi connectivity index (χ4n) is 3.81. The fraction of sp³-hybridized carbons (Fsp3) is 0.0435. The van der Waals surface area contributed by atoms with Crippen LogP contribution in [0.1, 0.15) is 5.56 Å². The average molecular weight is 856 g/mol. The van der Waals surface area contributed by atoms with Crippen LogP contribution in [0, 0.1) is 0 Å². The van der Waals surface area contributed by atoms with Crippen molar-refractivity contribution in [2.45, 2.75) is 20.4 Å². The molecule has 4 rings (SSSR count). The van der Waals surface area contributed by atoms with Gasteiger partial charge in [-0.2, -0.15) is 4.33 Å². The Hall–Kier alpha value is -2.82. The summed E-state index contributed by atoms with van der Waals surface area (Å²) in [5.41, 5.74) is -2.11. The van der Waals surface area contributed by atoms with Gasteiger partial charge in [0.05, 0.1) is 38.2 Å². The van der Waals surface area contributed by atoms with Crippen LogP contribution in [0.3, 0.4) is 0 Å². The summed E-state index contributed by atoms with van der Waals surface area (Å²) in [7, 11) is -10.5. The van der Waals surface area contributed by atoms with Crippen LogP contribution >= 0.6 is 55.9 Å². The molecular weight excluding hydrogens is 844 g/mol. The molecule has 250 valence electrons. The van der Waals surface area contributed by atoms with E-state index in [1.807, 2.05) is 0 Å². The molecule has 0 aliphatic rings. The Balaban J connectivity index is 1.97. The average Bonchev–Trinajstić information content (AvgIpc) is 2.99. The van der Waals surface area contributed by atoms with Gasteiger partial charge in [0.1, 0.15) is 37.3 Å². The fourth-order valence-corrected chi connectivity index (χ4v) is 7.02. The van der Waals surface area contributed by atoms with Crippen molar-refractivity contribution < 1.29 is 65.4 Å². The maximum absolute atomic E-state index is 13.7. The highest BCUT2D eigenvalue weighted by molar-refractivity contribution is 9.10. The van der Waals surface area contributed by atoms with Gasteiger partial charge < -0.3 is 24.6 Å². The maximum Gasteiger partial charge on any atom is 0.150 e. The molecule has 4 aromatic carbocycles. The lowest BCUT2D eigenvalue weighted by Crippen LogP contribution is -2.03. The van der Waals surface area contributed by atoms with Crippen LogP contribution < -0.4 is 10.4 Å². The zero-order valence-corrected chi connectivity index (χ0v) is 28.7. The molecule has 0 unspecified atom stereocenters. The summed E-state index contributed by atoms with van der Waals surface area (Å²) in [5.74, 6) is -2.62. The lowest BCUT2D eigenvalue weighted by atomic mass is 10.0. The van der Waals surface area contributed by atoms with Crippen molar-refractivity contribution in [3.63, 3.8) is 0 Å². The number of aromatic hydroxyl groups is 1. The highest BCUT2D eigenvalue weighted by atomic mass is 79.9. The zero-order chi connectivity index (χ0) is 34.5. The van der Waals surface area contributed by atoms with Crippen molar-refractivity contribution in [3.8, 4) is 11.5 Å². The quantitative estimate of drug-likeness (QED) is 0.0414. The van der Waals surface area contributed by atoms with Gasteiger partial charge in [0.25, 0.3) is 0 Å². The van der Waals surface area contributed by atoms with E-state index < -0.39 is 64.0 Å². The molecule has 0 spiro atoms. The minimum Gasteiger partial charge on any atom is -0.870 e. The highest BCUT2D eigenvalue weighted by Gasteiger charge is 2.21. The van der Waals surface area contributed by atoms with Gasteiger partial charge in [-0.05, 0) is 59.5 Å². The predicted molar refractivity (Wildman–Crippen MR) is 162 cm³/mol. The summed E-state index contributed by atoms with van der Waals surface area (Å²) < 4.78 is 81.4. The van der Waals surface area contributed by atoms with Gasteiger partial charge in [0, 0.05) is 26.4 Å². The first-order valence-corrected chi connectivity index (χ1v) is 17.8. The molecule has 0 atom stereocenters. The van der Waals surface area contributed by atoms with Gasteiger partial charge in [-0.25, -0.2) is 22.1 Å². The topological polar surface area (TPSA) is 287 Å². The smallest absolute Gasteiger partial charge is 0.150 e. The number of hydrogen-bond acceptors (Lipinski definition) is 20. The lowest BCUT2D eigenvalue weighted by Gasteiger charge is -2.21. The van der Waals surface area contributed by atoms with Gasteiger partial charge in [0.2, 0.25) is 0 Å². The molecule has 2 N–H and O–H groups in total. The van der Waals surface area contributed by atoms with Gasteiger partial charge >= 0.3 is 0 Å². The van der Waals surface area contributed by atoms with Crippen molar-refractivity contribution in [1.82, 2.24) is 0 Å². The second kappa shape index (κ2) is 15.6. The number of nitrogens with zero attached hydrogens (tertiary/aromatic N) is 4. The van der Waals surface area contributed by atoms with Crippen molar-refractivity contribution in [2.24, 2.45) is 20.5 Å². The van der Waals surface area contributed by atoms with E-state index in [9.17, 15) is 41.4 Å². The molecule has 47 heavy (non-hydrogen) atoms. The summed E-state index contributed by atoms with van der Waals surface area (Å²) in [6, 6.07) is 9.53. The maximum atomic E-state index is 13.7. The molecule has 0 heterocycles. The van der Waals surface area contributed by atoms with Gasteiger partial charge in [-0.15, -0.1) is 24.8 Å². The molecule has 4 aromatic rings. The summed E-state index contributed by atoms with van der Waals surface area (Å²) in [6.45, 7) is 0. The Kier molecular flexibility index (Phi) is 12.3. The number of phenolic OH excluding ortho intramolecular Hbond substituents is 1. The monoisotopic (exact) mass is 854 g/mol. The van der Waals surface area contributed by atoms with E-state index in [0.717, 1.165) is 24.3 Å². The van der Waals surface area contributed by atoms with Gasteiger partial charge in [0.15, 0.2) is 5.75 Å². The number of halogens is 2. The summed E-state index contributed by atoms with van der Waals surface area (Å²) >= 11 is 7.07. The number of phenols is 1. The van der Waals surface area contributed by atoms with E-state index >= 15 is 0 Å². The largest absolute Gasteiger partial charge is 0.870 e. The molecule has 0 saturated heterocycles. The summed E-state index contributed by atoms with van der Waals surface area (Å²) in [4.78, 5) is -1.76. The molecule has 18 nitrogen and oxygen atoms in total. The lowest BCUT2D eigenvalue weighted by molar-refractivity contribution is -0.777. The van der Waals surface area contributed by atoms with Crippen molar-refractivity contribution in [2.75, 3.05) is 0 Å². The van der Waals surface area contributed by atoms with Crippen LogP contribution in [0.5, 0.6) is 11.5 Å². The standard InChI is InChI=1S/C23H16Br2N4O14S4/c24-12-1-3-14(16(7-12)45-43-41-33)26-29-21-18(47(37,38)39)6-10-5-11(9-44-42-40-32)20(22(30)19(10)23(21)31)28-27-15-4-2-13(25)8-17(15)46(34,35)36/h1-8,30-33H,9H2,(H,34,35,36)(H,37,38,39)/p-4. The molecular formula is C23H12Br2N4O14S4-4. The first-order valence-electron chi connectivity index (χ1n) is 11.8. The Morgan fingerprint density at radius 2 is 1.43 bits per heavy atom. The third-order valence-electron chi connectivity index (χ3n) is 5.69. The van der Waals surface area contributed by atoms with Crippen LogP contribution in [-0.4, -0.2) is 36.3 Å². The predicted octanol–water partition coefficient (Wildman–Crippen LogP) is 5.58. The van der Waals surface area contributed by atoms with Crippen LogP contribution in [0.25, 0.3) is 10.8 Å². The molecule has 0 bridgehead atoms. The molecule has 24 heteroatoms. The minimum absolute atomic E-state index is 0.0469. The first kappa shape index (κ1) is 37.0. The molecule has 0 aliphatic carbocycles. The minimum atomic E-state index is -5.41. The van der Waals surface area contributed by atoms with Gasteiger partial charge in [-0.1, -0.05) is 42.6 Å². The Bertz CT molecular complexity index is 2120. The number of azo groups is 2. The summed E-state index contributed by atoms with van der Waals surface area (Å²) in [6.07, 6.45) is 0. The third kappa shape index (κ3) is 9.00. The van der Waals surface area contributed by atoms with E-state index in [4.69, 9.17) is 5.26 Å². The van der Waals surface area contributed by atoms with Crippen LogP contribution in [-0.2, 0) is 44.7 Å². The Labute approximate surface area is 288 Å². The molecule has 0 radical (unpaired) electrons. The van der Waals surface area contributed by atoms with Crippen molar-refractivity contribution in [1.29, 1.82) is 0 Å². The number of hydrogen-bond donors (Lipinski definition) is 2. The molecule has 0 aliphatic heterocycles. The number of benzene rings is 4. The molecule has 0 saturated carbocycles. The SMILES string of the molecule is O=S(=O)([O-])c1cc(Br)ccc1N=Nc1c(CSOO[O-])cc2cc(S(=O)(=O)[O-])c(N=Nc3ccc(Br)cc3SOOO)c([O-])c2c1O. The third-order valence-corrected chi connectivity index (χ3v) is 9.61. The second-order valence-corrected chi connectivity index (χ2v) is 14.5. The van der Waals surface area contributed by atoms with E-state index in [1.165, 1.54) is 24.3 Å². The van der Waals surface area contributed by atoms with Crippen LogP contribution in [0.2, 0.25) is 0 Å². The van der Waals surface area contributed by atoms with Gasteiger partial charge in [-0.3, -0.25) is 5.04 Å².